The van der Waals surface area contributed by atoms with E-state index in [1.165, 1.54) is 23.1 Å². The van der Waals surface area contributed by atoms with E-state index in [4.69, 9.17) is 0 Å². The van der Waals surface area contributed by atoms with Gasteiger partial charge in [-0.2, -0.15) is 0 Å². The Kier molecular flexibility index (Phi) is 2.90. The predicted molar refractivity (Wildman–Crippen MR) is 55.6 cm³/mol. The van der Waals surface area contributed by atoms with Crippen molar-refractivity contribution in [2.45, 2.75) is 9.50 Å². The van der Waals surface area contributed by atoms with Crippen molar-refractivity contribution >= 4 is 28.2 Å². The van der Waals surface area contributed by atoms with E-state index in [1.54, 1.807) is 18.5 Å². The highest BCUT2D eigenvalue weighted by molar-refractivity contribution is 8.00. The Morgan fingerprint density at radius 2 is 2.07 bits per heavy atom. The maximum atomic E-state index is 4.08. The number of aromatic nitrogens is 4. The summed E-state index contributed by atoms with van der Waals surface area (Å²) in [5.41, 5.74) is 0. The number of anilines is 1. The van der Waals surface area contributed by atoms with Crippen molar-refractivity contribution in [2.24, 2.45) is 0 Å². The second kappa shape index (κ2) is 4.34. The molecule has 0 fully saturated rings. The van der Waals surface area contributed by atoms with Crippen LogP contribution in [0.2, 0.25) is 0 Å². The van der Waals surface area contributed by atoms with Crippen LogP contribution in [0.15, 0.2) is 28.0 Å². The van der Waals surface area contributed by atoms with E-state index in [2.05, 4.69) is 25.5 Å². The summed E-state index contributed by atoms with van der Waals surface area (Å²) < 4.78 is 0.834. The summed E-state index contributed by atoms with van der Waals surface area (Å²) in [5, 5.41) is 12.3. The highest BCUT2D eigenvalue weighted by Crippen LogP contribution is 2.28. The molecule has 2 aromatic heterocycles. The molecule has 0 amide bonds. The molecule has 14 heavy (non-hydrogen) atoms. The first-order chi connectivity index (χ1) is 6.88. The number of nitrogens with one attached hydrogen (secondary N) is 1. The SMILES string of the molecule is CNc1nnc(Sc2ncccn2)s1. The minimum absolute atomic E-state index is 0.686. The van der Waals surface area contributed by atoms with Crippen LogP contribution in [0.5, 0.6) is 0 Å². The van der Waals surface area contributed by atoms with Gasteiger partial charge in [0.25, 0.3) is 0 Å². The molecule has 72 valence electrons. The zero-order chi connectivity index (χ0) is 9.80. The highest BCUT2D eigenvalue weighted by Gasteiger charge is 2.05. The van der Waals surface area contributed by atoms with Gasteiger partial charge in [0.1, 0.15) is 0 Å². The highest BCUT2D eigenvalue weighted by atomic mass is 32.2. The van der Waals surface area contributed by atoms with Gasteiger partial charge in [0.2, 0.25) is 5.13 Å². The lowest BCUT2D eigenvalue weighted by Gasteiger charge is -1.91. The van der Waals surface area contributed by atoms with Gasteiger partial charge in [-0.1, -0.05) is 11.3 Å². The minimum atomic E-state index is 0.686. The van der Waals surface area contributed by atoms with E-state index in [1.807, 2.05) is 7.05 Å². The molecule has 0 aliphatic heterocycles. The first-order valence-corrected chi connectivity index (χ1v) is 5.48. The van der Waals surface area contributed by atoms with Crippen LogP contribution in [-0.4, -0.2) is 27.2 Å². The lowest BCUT2D eigenvalue weighted by Crippen LogP contribution is -1.84. The van der Waals surface area contributed by atoms with Crippen molar-refractivity contribution in [1.82, 2.24) is 20.2 Å². The van der Waals surface area contributed by atoms with Crippen LogP contribution in [0.25, 0.3) is 0 Å². The van der Waals surface area contributed by atoms with Gasteiger partial charge >= 0.3 is 0 Å². The number of hydrogen-bond acceptors (Lipinski definition) is 7. The summed E-state index contributed by atoms with van der Waals surface area (Å²) in [5.74, 6) is 0. The third kappa shape index (κ3) is 2.18. The van der Waals surface area contributed by atoms with Gasteiger partial charge < -0.3 is 5.32 Å². The Morgan fingerprint density at radius 3 is 2.71 bits per heavy atom. The molecule has 0 bridgehead atoms. The van der Waals surface area contributed by atoms with E-state index in [9.17, 15) is 0 Å². The molecule has 2 rings (SSSR count). The lowest BCUT2D eigenvalue weighted by molar-refractivity contribution is 0.954. The van der Waals surface area contributed by atoms with Gasteiger partial charge in [-0.15, -0.1) is 10.2 Å². The summed E-state index contributed by atoms with van der Waals surface area (Å²) in [7, 11) is 1.81. The molecule has 0 aliphatic carbocycles. The van der Waals surface area contributed by atoms with Gasteiger partial charge in [0.05, 0.1) is 0 Å². The van der Waals surface area contributed by atoms with Gasteiger partial charge in [-0.25, -0.2) is 9.97 Å². The quantitative estimate of drug-likeness (QED) is 0.799. The monoisotopic (exact) mass is 225 g/mol. The molecule has 0 unspecified atom stereocenters. The van der Waals surface area contributed by atoms with Crippen LogP contribution in [-0.2, 0) is 0 Å². The molecule has 0 aliphatic rings. The third-order valence-corrected chi connectivity index (χ3v) is 3.23. The molecule has 5 nitrogen and oxygen atoms in total. The van der Waals surface area contributed by atoms with Crippen molar-refractivity contribution in [3.63, 3.8) is 0 Å². The Bertz CT molecular complexity index is 401. The Morgan fingerprint density at radius 1 is 1.29 bits per heavy atom. The van der Waals surface area contributed by atoms with Gasteiger partial charge in [0.15, 0.2) is 9.50 Å². The third-order valence-electron chi connectivity index (χ3n) is 1.34. The average Bonchev–Trinajstić information content (AvgIpc) is 2.67. The predicted octanol–water partition coefficient (Wildman–Crippen LogP) is 1.52. The van der Waals surface area contributed by atoms with Crippen molar-refractivity contribution < 1.29 is 0 Å². The Hall–Kier alpha value is -1.21. The fraction of sp³-hybridized carbons (Fsp3) is 0.143. The molecule has 0 saturated heterocycles. The van der Waals surface area contributed by atoms with Crippen LogP contribution < -0.4 is 5.32 Å². The van der Waals surface area contributed by atoms with Crippen LogP contribution in [0.1, 0.15) is 0 Å². The molecule has 0 aromatic carbocycles. The zero-order valence-corrected chi connectivity index (χ0v) is 8.97. The summed E-state index contributed by atoms with van der Waals surface area (Å²) in [6, 6.07) is 1.78. The summed E-state index contributed by atoms with van der Waals surface area (Å²) in [4.78, 5) is 8.16. The molecular weight excluding hydrogens is 218 g/mol. The molecule has 0 spiro atoms. The molecule has 0 saturated carbocycles. The van der Waals surface area contributed by atoms with E-state index < -0.39 is 0 Å². The minimum Gasteiger partial charge on any atom is -0.363 e. The largest absolute Gasteiger partial charge is 0.363 e. The van der Waals surface area contributed by atoms with Gasteiger partial charge in [-0.3, -0.25) is 0 Å². The van der Waals surface area contributed by atoms with Gasteiger partial charge in [0, 0.05) is 19.4 Å². The number of rotatable bonds is 3. The zero-order valence-electron chi connectivity index (χ0n) is 7.34. The van der Waals surface area contributed by atoms with E-state index in [0.717, 1.165) is 9.47 Å². The fourth-order valence-corrected chi connectivity index (χ4v) is 2.29. The number of hydrogen-bond donors (Lipinski definition) is 1. The summed E-state index contributed by atoms with van der Waals surface area (Å²) >= 11 is 2.88. The number of nitrogens with zero attached hydrogens (tertiary/aromatic N) is 4. The smallest absolute Gasteiger partial charge is 0.206 e. The second-order valence-corrected chi connectivity index (χ2v) is 4.45. The lowest BCUT2D eigenvalue weighted by atomic mass is 10.7. The summed E-state index contributed by atoms with van der Waals surface area (Å²) in [6.07, 6.45) is 3.41. The maximum Gasteiger partial charge on any atom is 0.206 e. The summed E-state index contributed by atoms with van der Waals surface area (Å²) in [6.45, 7) is 0. The fourth-order valence-electron chi connectivity index (χ4n) is 0.768. The van der Waals surface area contributed by atoms with E-state index in [-0.39, 0.29) is 0 Å². The molecule has 0 atom stereocenters. The van der Waals surface area contributed by atoms with Crippen molar-refractivity contribution in [3.8, 4) is 0 Å². The van der Waals surface area contributed by atoms with Crippen LogP contribution in [0, 0.1) is 0 Å². The standard InChI is InChI=1S/C7H7N5S2/c1-8-5-11-12-7(13-5)14-6-9-3-2-4-10-6/h2-4H,1H3,(H,8,11). The first-order valence-electron chi connectivity index (χ1n) is 3.84. The molecule has 0 radical (unpaired) electrons. The van der Waals surface area contributed by atoms with E-state index in [0.29, 0.717) is 5.16 Å². The molecule has 2 aromatic rings. The van der Waals surface area contributed by atoms with Crippen LogP contribution in [0.3, 0.4) is 0 Å². The van der Waals surface area contributed by atoms with Crippen molar-refractivity contribution in [2.75, 3.05) is 12.4 Å². The van der Waals surface area contributed by atoms with E-state index >= 15 is 0 Å². The maximum absolute atomic E-state index is 4.08. The van der Waals surface area contributed by atoms with Crippen LogP contribution >= 0.6 is 23.1 Å². The van der Waals surface area contributed by atoms with Crippen LogP contribution in [0.4, 0.5) is 5.13 Å². The normalized spacial score (nSPS) is 10.1. The average molecular weight is 225 g/mol. The second-order valence-electron chi connectivity index (χ2n) is 2.26. The Labute approximate surface area is 89.0 Å². The van der Waals surface area contributed by atoms with Gasteiger partial charge in [-0.05, 0) is 17.8 Å². The van der Waals surface area contributed by atoms with Crippen molar-refractivity contribution in [1.29, 1.82) is 0 Å². The Balaban J connectivity index is 2.11. The molecule has 7 heteroatoms. The molecule has 1 N–H and O–H groups in total. The molecule has 2 heterocycles. The first kappa shape index (κ1) is 9.35. The molecular formula is C7H7N5S2. The van der Waals surface area contributed by atoms with Crippen molar-refractivity contribution in [3.05, 3.63) is 18.5 Å². The topological polar surface area (TPSA) is 63.6 Å².